The Labute approximate surface area is 128 Å². The van der Waals surface area contributed by atoms with Crippen LogP contribution in [0.4, 0.5) is 18.9 Å². The second-order valence-electron chi connectivity index (χ2n) is 5.34. The molecule has 1 unspecified atom stereocenters. The van der Waals surface area contributed by atoms with Crippen molar-refractivity contribution in [3.8, 4) is 0 Å². The molecule has 0 aliphatic heterocycles. The van der Waals surface area contributed by atoms with Crippen molar-refractivity contribution in [2.75, 3.05) is 4.31 Å². The minimum atomic E-state index is -5.67. The van der Waals surface area contributed by atoms with Crippen molar-refractivity contribution in [2.24, 2.45) is 5.92 Å². The van der Waals surface area contributed by atoms with Crippen LogP contribution in [0.1, 0.15) is 27.2 Å². The second-order valence-corrected chi connectivity index (χ2v) is 7.14. The molecule has 0 saturated carbocycles. The lowest BCUT2D eigenvalue weighted by atomic mass is 10.0. The van der Waals surface area contributed by atoms with Gasteiger partial charge in [0.15, 0.2) is 5.78 Å². The van der Waals surface area contributed by atoms with Gasteiger partial charge in [0.2, 0.25) is 0 Å². The van der Waals surface area contributed by atoms with Crippen LogP contribution in [0.2, 0.25) is 0 Å². The molecule has 0 aliphatic carbocycles. The molecule has 0 saturated heterocycles. The number of anilines is 1. The zero-order chi connectivity index (χ0) is 17.1. The lowest BCUT2D eigenvalue weighted by molar-refractivity contribution is -0.118. The number of halogens is 3. The number of benzene rings is 1. The molecule has 0 aliphatic rings. The average molecular weight is 337 g/mol. The number of sulfonamides is 1. The first kappa shape index (κ1) is 18.5. The first-order valence-corrected chi connectivity index (χ1v) is 8.08. The van der Waals surface area contributed by atoms with E-state index >= 15 is 0 Å². The van der Waals surface area contributed by atoms with E-state index in [1.165, 1.54) is 24.3 Å². The summed E-state index contributed by atoms with van der Waals surface area (Å²) in [7, 11) is -5.67. The van der Waals surface area contributed by atoms with Gasteiger partial charge in [-0.05, 0) is 31.4 Å². The van der Waals surface area contributed by atoms with Crippen LogP contribution in [0.3, 0.4) is 0 Å². The molecular formula is C14H18F3NO3S. The van der Waals surface area contributed by atoms with Crippen LogP contribution >= 0.6 is 0 Å². The van der Waals surface area contributed by atoms with E-state index in [9.17, 15) is 26.4 Å². The number of Topliss-reactive ketones (excluding diaryl/α,β-unsaturated/α-hetero) is 1. The van der Waals surface area contributed by atoms with Crippen molar-refractivity contribution in [1.29, 1.82) is 0 Å². The fourth-order valence-electron chi connectivity index (χ4n) is 2.05. The third-order valence-corrected chi connectivity index (χ3v) is 4.58. The van der Waals surface area contributed by atoms with E-state index in [-0.39, 0.29) is 22.3 Å². The number of carbonyl (C=O) groups excluding carboxylic acids is 1. The van der Waals surface area contributed by atoms with Crippen LogP contribution < -0.4 is 4.31 Å². The lowest BCUT2D eigenvalue weighted by Gasteiger charge is -2.32. The summed E-state index contributed by atoms with van der Waals surface area (Å²) in [4.78, 5) is 11.8. The van der Waals surface area contributed by atoms with Crippen LogP contribution in [-0.4, -0.2) is 25.8 Å². The number of hydrogen-bond acceptors (Lipinski definition) is 3. The first-order valence-electron chi connectivity index (χ1n) is 6.64. The fourth-order valence-corrected chi connectivity index (χ4v) is 3.24. The molecule has 0 bridgehead atoms. The van der Waals surface area contributed by atoms with Gasteiger partial charge in [-0.25, -0.2) is 0 Å². The molecule has 0 amide bonds. The zero-order valence-corrected chi connectivity index (χ0v) is 13.3. The standard InChI is InChI=1S/C14H18F3NO3S/c1-10(2)9-13(11(3)19)18(12-7-5-4-6-8-12)22(20,21)14(15,16)17/h4-8,10,13H,9H2,1-3H3. The zero-order valence-electron chi connectivity index (χ0n) is 12.5. The van der Waals surface area contributed by atoms with Crippen LogP contribution in [0.5, 0.6) is 0 Å². The highest BCUT2D eigenvalue weighted by Crippen LogP contribution is 2.34. The number of para-hydroxylation sites is 1. The van der Waals surface area contributed by atoms with Gasteiger partial charge in [-0.3, -0.25) is 9.10 Å². The monoisotopic (exact) mass is 337 g/mol. The normalized spacial score (nSPS) is 14.0. The molecule has 0 N–H and O–H groups in total. The van der Waals surface area contributed by atoms with Gasteiger partial charge in [0.25, 0.3) is 0 Å². The predicted molar refractivity (Wildman–Crippen MR) is 77.8 cm³/mol. The topological polar surface area (TPSA) is 54.5 Å². The fraction of sp³-hybridized carbons (Fsp3) is 0.500. The molecule has 0 fully saturated rings. The maximum absolute atomic E-state index is 13.0. The number of alkyl halides is 3. The molecule has 22 heavy (non-hydrogen) atoms. The third kappa shape index (κ3) is 4.00. The van der Waals surface area contributed by atoms with Crippen molar-refractivity contribution in [3.63, 3.8) is 0 Å². The van der Waals surface area contributed by atoms with E-state index in [4.69, 9.17) is 0 Å². The predicted octanol–water partition coefficient (Wildman–Crippen LogP) is 3.35. The molecular weight excluding hydrogens is 319 g/mol. The summed E-state index contributed by atoms with van der Waals surface area (Å²) in [6.07, 6.45) is -0.000459. The minimum absolute atomic E-state index is 0.000459. The van der Waals surface area contributed by atoms with Gasteiger partial charge in [-0.2, -0.15) is 21.6 Å². The molecule has 4 nitrogen and oxygen atoms in total. The summed E-state index contributed by atoms with van der Waals surface area (Å²) < 4.78 is 63.0. The van der Waals surface area contributed by atoms with Crippen LogP contribution in [0, 0.1) is 5.92 Å². The summed E-state index contributed by atoms with van der Waals surface area (Å²) in [5.74, 6) is -0.783. The van der Waals surface area contributed by atoms with Crippen molar-refractivity contribution < 1.29 is 26.4 Å². The van der Waals surface area contributed by atoms with Crippen molar-refractivity contribution >= 4 is 21.5 Å². The van der Waals surface area contributed by atoms with Crippen LogP contribution in [0.25, 0.3) is 0 Å². The highest BCUT2D eigenvalue weighted by molar-refractivity contribution is 7.93. The number of hydrogen-bond donors (Lipinski definition) is 0. The maximum Gasteiger partial charge on any atom is 0.516 e. The Hall–Kier alpha value is -1.57. The lowest BCUT2D eigenvalue weighted by Crippen LogP contribution is -2.50. The Bertz CT molecular complexity index is 612. The Morgan fingerprint density at radius 1 is 1.18 bits per heavy atom. The number of rotatable bonds is 6. The summed E-state index contributed by atoms with van der Waals surface area (Å²) >= 11 is 0. The van der Waals surface area contributed by atoms with E-state index in [0.29, 0.717) is 0 Å². The molecule has 0 radical (unpaired) electrons. The quantitative estimate of drug-likeness (QED) is 0.800. The highest BCUT2D eigenvalue weighted by Gasteiger charge is 2.52. The Morgan fingerprint density at radius 2 is 1.68 bits per heavy atom. The summed E-state index contributed by atoms with van der Waals surface area (Å²) in [6, 6.07) is 5.46. The summed E-state index contributed by atoms with van der Waals surface area (Å²) in [6.45, 7) is 4.51. The molecule has 1 rings (SSSR count). The molecule has 124 valence electrons. The maximum atomic E-state index is 13.0. The van der Waals surface area contributed by atoms with Crippen molar-refractivity contribution in [2.45, 2.75) is 38.7 Å². The molecule has 1 atom stereocenters. The number of carbonyl (C=O) groups is 1. The van der Waals surface area contributed by atoms with Gasteiger partial charge < -0.3 is 0 Å². The van der Waals surface area contributed by atoms with Gasteiger partial charge >= 0.3 is 15.5 Å². The Kier molecular flexibility index (Phi) is 5.61. The molecule has 1 aromatic carbocycles. The summed E-state index contributed by atoms with van der Waals surface area (Å²) in [5.41, 5.74) is -5.66. The molecule has 0 heterocycles. The Morgan fingerprint density at radius 3 is 2.05 bits per heavy atom. The van der Waals surface area contributed by atoms with Gasteiger partial charge in [0.05, 0.1) is 5.69 Å². The largest absolute Gasteiger partial charge is 0.516 e. The number of ketones is 1. The average Bonchev–Trinajstić information content (AvgIpc) is 2.37. The first-order chi connectivity index (χ1) is 9.98. The minimum Gasteiger partial charge on any atom is -0.298 e. The molecule has 1 aromatic rings. The number of nitrogens with zero attached hydrogens (tertiary/aromatic N) is 1. The van der Waals surface area contributed by atoms with Gasteiger partial charge in [-0.15, -0.1) is 0 Å². The van der Waals surface area contributed by atoms with Gasteiger partial charge in [0.1, 0.15) is 6.04 Å². The molecule has 0 spiro atoms. The van der Waals surface area contributed by atoms with E-state index in [0.717, 1.165) is 6.92 Å². The molecule has 8 heteroatoms. The van der Waals surface area contributed by atoms with Gasteiger partial charge in [-0.1, -0.05) is 32.0 Å². The highest BCUT2D eigenvalue weighted by atomic mass is 32.2. The van der Waals surface area contributed by atoms with E-state index < -0.39 is 27.4 Å². The van der Waals surface area contributed by atoms with Crippen molar-refractivity contribution in [3.05, 3.63) is 30.3 Å². The van der Waals surface area contributed by atoms with Crippen LogP contribution in [0.15, 0.2) is 30.3 Å². The van der Waals surface area contributed by atoms with Crippen LogP contribution in [-0.2, 0) is 14.8 Å². The summed E-state index contributed by atoms with van der Waals surface area (Å²) in [5, 5.41) is 0. The van der Waals surface area contributed by atoms with E-state index in [1.54, 1.807) is 19.9 Å². The van der Waals surface area contributed by atoms with Crippen molar-refractivity contribution in [1.82, 2.24) is 0 Å². The van der Waals surface area contributed by atoms with Gasteiger partial charge in [0, 0.05) is 0 Å². The second kappa shape index (κ2) is 6.68. The molecule has 0 aromatic heterocycles. The smallest absolute Gasteiger partial charge is 0.298 e. The third-order valence-electron chi connectivity index (χ3n) is 3.01. The Balaban J connectivity index is 3.50. The van der Waals surface area contributed by atoms with E-state index in [2.05, 4.69) is 0 Å². The van der Waals surface area contributed by atoms with E-state index in [1.807, 2.05) is 0 Å². The SMILES string of the molecule is CC(=O)C(CC(C)C)N(c1ccccc1)S(=O)(=O)C(F)(F)F.